The summed E-state index contributed by atoms with van der Waals surface area (Å²) in [4.78, 5) is 12.2. The van der Waals surface area contributed by atoms with Gasteiger partial charge in [-0.1, -0.05) is 96.8 Å². The maximum absolute atomic E-state index is 12.7. The first-order valence-corrected chi connectivity index (χ1v) is 17.6. The smallest absolute Gasteiger partial charge is 0.744 e. The molecular weight excluding hydrogens is 587 g/mol. The van der Waals surface area contributed by atoms with Crippen LogP contribution in [-0.4, -0.2) is 31.2 Å². The van der Waals surface area contributed by atoms with Gasteiger partial charge in [-0.05, 0) is 62.2 Å². The Kier molecular flexibility index (Phi) is 18.3. The molecule has 0 radical (unpaired) electrons. The monoisotopic (exact) mass is 636 g/mol. The van der Waals surface area contributed by atoms with Crippen LogP contribution < -0.4 is 44.0 Å². The Bertz CT molecular complexity index is 1270. The quantitative estimate of drug-likeness (QED) is 0.0873. The van der Waals surface area contributed by atoms with Crippen LogP contribution in [0, 0.1) is 0 Å². The number of rotatable bonds is 22. The van der Waals surface area contributed by atoms with Gasteiger partial charge in [0.2, 0.25) is 0 Å². The molecule has 2 aromatic rings. The second kappa shape index (κ2) is 21.0. The van der Waals surface area contributed by atoms with Crippen molar-refractivity contribution in [2.45, 2.75) is 128 Å². The molecule has 0 saturated heterocycles. The van der Waals surface area contributed by atoms with Crippen LogP contribution >= 0.6 is 0 Å². The fourth-order valence-electron chi connectivity index (χ4n) is 5.33. The number of anilines is 1. The van der Waals surface area contributed by atoms with Crippen LogP contribution in [0.1, 0.15) is 123 Å². The van der Waals surface area contributed by atoms with Crippen molar-refractivity contribution in [3.8, 4) is 17.2 Å². The minimum absolute atomic E-state index is 0. The number of carbonyl (C=O) groups excluding carboxylic acids is 1. The summed E-state index contributed by atoms with van der Waals surface area (Å²) in [6.45, 7) is 4.64. The number of amides is 1. The molecule has 238 valence electrons. The van der Waals surface area contributed by atoms with Crippen molar-refractivity contribution >= 4 is 27.4 Å². The first-order valence-electron chi connectivity index (χ1n) is 16.2. The summed E-state index contributed by atoms with van der Waals surface area (Å²) in [5.74, 6) is 0.636. The third-order valence-corrected chi connectivity index (χ3v) is 8.56. The molecule has 2 aromatic carbocycles. The first-order chi connectivity index (χ1) is 20.8. The number of hydrogen-bond donors (Lipinski definition) is 0. The Morgan fingerprint density at radius 3 is 1.82 bits per heavy atom. The van der Waals surface area contributed by atoms with Gasteiger partial charge in [0, 0.05) is 5.71 Å². The maximum Gasteiger partial charge on any atom is 1.00 e. The van der Waals surface area contributed by atoms with E-state index in [4.69, 9.17) is 9.47 Å². The molecule has 8 nitrogen and oxygen atoms in total. The summed E-state index contributed by atoms with van der Waals surface area (Å²) >= 11 is 0. The largest absolute Gasteiger partial charge is 1.00 e. The van der Waals surface area contributed by atoms with Gasteiger partial charge in [0.25, 0.3) is 5.91 Å². The van der Waals surface area contributed by atoms with E-state index in [2.05, 4.69) is 12.0 Å². The summed E-state index contributed by atoms with van der Waals surface area (Å²) in [6.07, 6.45) is 20.3. The SMILES string of the molecule is CCCCCCCCCCCCCCCCCC1=NN(c2ccc(Oc3ccc(OCC)cc3)c(S(=O)(=O)[O-])c2)C(=O)C1.[Na+]. The van der Waals surface area contributed by atoms with Crippen molar-refractivity contribution < 1.29 is 56.8 Å². The van der Waals surface area contributed by atoms with Crippen molar-refractivity contribution in [3.05, 3.63) is 42.5 Å². The van der Waals surface area contributed by atoms with Crippen LogP contribution in [0.5, 0.6) is 17.2 Å². The van der Waals surface area contributed by atoms with E-state index >= 15 is 0 Å². The third-order valence-electron chi connectivity index (χ3n) is 7.71. The number of ether oxygens (including phenoxy) is 2. The molecule has 0 saturated carbocycles. The molecular formula is C34H49N2NaO6S. The molecule has 1 aliphatic heterocycles. The molecule has 1 heterocycles. The second-order valence-corrected chi connectivity index (χ2v) is 12.7. The molecule has 0 bridgehead atoms. The number of hydrogen-bond acceptors (Lipinski definition) is 7. The molecule has 1 amide bonds. The van der Waals surface area contributed by atoms with Gasteiger partial charge in [-0.2, -0.15) is 5.10 Å². The van der Waals surface area contributed by atoms with Crippen LogP contribution in [0.3, 0.4) is 0 Å². The topological polar surface area (TPSA) is 108 Å². The Labute approximate surface area is 287 Å². The van der Waals surface area contributed by atoms with E-state index in [1.165, 1.54) is 101 Å². The van der Waals surface area contributed by atoms with Gasteiger partial charge in [0.15, 0.2) is 0 Å². The molecule has 0 spiro atoms. The Morgan fingerprint density at radius 1 is 0.773 bits per heavy atom. The van der Waals surface area contributed by atoms with Gasteiger partial charge >= 0.3 is 29.6 Å². The molecule has 0 aliphatic carbocycles. The van der Waals surface area contributed by atoms with Gasteiger partial charge < -0.3 is 14.0 Å². The molecule has 10 heteroatoms. The second-order valence-electron chi connectivity index (χ2n) is 11.3. The van der Waals surface area contributed by atoms with Gasteiger partial charge in [-0.3, -0.25) is 4.79 Å². The minimum atomic E-state index is -4.88. The number of benzene rings is 2. The minimum Gasteiger partial charge on any atom is -0.744 e. The summed E-state index contributed by atoms with van der Waals surface area (Å²) in [5.41, 5.74) is 1.01. The summed E-state index contributed by atoms with van der Waals surface area (Å²) in [5, 5.41) is 5.65. The van der Waals surface area contributed by atoms with Gasteiger partial charge in [0.05, 0.1) is 23.6 Å². The summed E-state index contributed by atoms with van der Waals surface area (Å²) in [6, 6.07) is 10.7. The maximum atomic E-state index is 12.7. The van der Waals surface area contributed by atoms with E-state index in [1.807, 2.05) is 6.92 Å². The number of hydrazone groups is 1. The molecule has 1 aliphatic rings. The predicted octanol–water partition coefficient (Wildman–Crippen LogP) is 6.14. The van der Waals surface area contributed by atoms with Crippen LogP contribution in [0.15, 0.2) is 52.5 Å². The fourth-order valence-corrected chi connectivity index (χ4v) is 5.95. The number of unbranched alkanes of at least 4 members (excludes halogenated alkanes) is 14. The van der Waals surface area contributed by atoms with Gasteiger partial charge in [-0.25, -0.2) is 13.4 Å². The Hall–Kier alpha value is -1.91. The fraction of sp³-hybridized carbons (Fsp3) is 0.588. The van der Waals surface area contributed by atoms with Gasteiger partial charge in [0.1, 0.15) is 27.4 Å². The third kappa shape index (κ3) is 13.6. The van der Waals surface area contributed by atoms with Crippen molar-refractivity contribution in [2.24, 2.45) is 5.10 Å². The Balaban J connectivity index is 0.00000675. The molecule has 0 fully saturated rings. The van der Waals surface area contributed by atoms with Crippen molar-refractivity contribution in [1.82, 2.24) is 0 Å². The molecule has 0 unspecified atom stereocenters. The molecule has 0 aromatic heterocycles. The standard InChI is InChI=1S/C34H50N2O6S.Na/c1-3-5-6-7-8-9-10-11-12-13-14-15-16-17-18-19-28-26-34(37)36(35-28)29-20-25-32(33(27-29)43(38,39)40)42-31-23-21-30(22-24-31)41-4-2;/h20-25,27H,3-19,26H2,1-2H3,(H,38,39,40);/q;+1/p-1. The van der Waals surface area contributed by atoms with E-state index in [1.54, 1.807) is 24.3 Å². The van der Waals surface area contributed by atoms with Crippen LogP contribution in [0.4, 0.5) is 5.69 Å². The summed E-state index contributed by atoms with van der Waals surface area (Å²) in [7, 11) is -4.88. The van der Waals surface area contributed by atoms with Gasteiger partial charge in [-0.15, -0.1) is 0 Å². The van der Waals surface area contributed by atoms with E-state index in [0.29, 0.717) is 18.1 Å². The number of carbonyl (C=O) groups is 1. The zero-order chi connectivity index (χ0) is 30.9. The van der Waals surface area contributed by atoms with E-state index in [0.717, 1.165) is 31.0 Å². The average Bonchev–Trinajstić information content (AvgIpc) is 3.36. The zero-order valence-corrected chi connectivity index (χ0v) is 29.8. The summed E-state index contributed by atoms with van der Waals surface area (Å²) < 4.78 is 47.3. The van der Waals surface area contributed by atoms with E-state index in [9.17, 15) is 17.8 Å². The van der Waals surface area contributed by atoms with Crippen molar-refractivity contribution in [3.63, 3.8) is 0 Å². The van der Waals surface area contributed by atoms with E-state index in [-0.39, 0.29) is 53.3 Å². The average molecular weight is 637 g/mol. The molecule has 3 rings (SSSR count). The Morgan fingerprint density at radius 2 is 1.30 bits per heavy atom. The molecule has 44 heavy (non-hydrogen) atoms. The molecule has 0 atom stereocenters. The first kappa shape index (κ1) is 38.3. The zero-order valence-electron chi connectivity index (χ0n) is 27.0. The van der Waals surface area contributed by atoms with Crippen LogP contribution in [0.25, 0.3) is 0 Å². The number of nitrogens with zero attached hydrogens (tertiary/aromatic N) is 2. The normalized spacial score (nSPS) is 13.1. The van der Waals surface area contributed by atoms with E-state index < -0.39 is 15.0 Å². The van der Waals surface area contributed by atoms with Crippen molar-refractivity contribution in [2.75, 3.05) is 11.6 Å². The van der Waals surface area contributed by atoms with Crippen molar-refractivity contribution in [1.29, 1.82) is 0 Å². The van der Waals surface area contributed by atoms with Crippen LogP contribution in [-0.2, 0) is 14.9 Å². The predicted molar refractivity (Wildman–Crippen MR) is 171 cm³/mol. The van der Waals surface area contributed by atoms with Crippen LogP contribution in [0.2, 0.25) is 0 Å². The molecule has 0 N–H and O–H groups in total.